The van der Waals surface area contributed by atoms with Gasteiger partial charge in [0.2, 0.25) is 5.91 Å². The van der Waals surface area contributed by atoms with E-state index in [9.17, 15) is 4.79 Å². The summed E-state index contributed by atoms with van der Waals surface area (Å²) in [5.41, 5.74) is 0. The minimum Gasteiger partial charge on any atom is -0.395 e. The Morgan fingerprint density at radius 1 is 1.35 bits per heavy atom. The van der Waals surface area contributed by atoms with E-state index in [1.54, 1.807) is 0 Å². The van der Waals surface area contributed by atoms with Gasteiger partial charge < -0.3 is 10.4 Å². The summed E-state index contributed by atoms with van der Waals surface area (Å²) in [5, 5.41) is 12.0. The van der Waals surface area contributed by atoms with E-state index >= 15 is 0 Å². The number of carbonyl (C=O) groups is 1. The number of hydrogen-bond donors (Lipinski definition) is 2. The topological polar surface area (TPSA) is 52.6 Å². The molecule has 1 aliphatic rings. The van der Waals surface area contributed by atoms with Gasteiger partial charge in [0, 0.05) is 18.6 Å². The highest BCUT2D eigenvalue weighted by Crippen LogP contribution is 2.22. The van der Waals surface area contributed by atoms with Gasteiger partial charge in [0.25, 0.3) is 0 Å². The van der Waals surface area contributed by atoms with E-state index in [0.717, 1.165) is 12.8 Å². The molecule has 1 amide bonds. The van der Waals surface area contributed by atoms with Crippen molar-refractivity contribution in [3.8, 4) is 0 Å². The summed E-state index contributed by atoms with van der Waals surface area (Å²) in [6, 6.07) is 0.665. The monoisotopic (exact) mass is 242 g/mol. The fraction of sp³-hybridized carbons (Fsp3) is 0.923. The lowest BCUT2D eigenvalue weighted by molar-refractivity contribution is -0.123. The van der Waals surface area contributed by atoms with Gasteiger partial charge in [-0.15, -0.1) is 0 Å². The predicted molar refractivity (Wildman–Crippen MR) is 68.8 cm³/mol. The molecule has 0 aromatic heterocycles. The molecule has 0 aromatic rings. The second-order valence-electron chi connectivity index (χ2n) is 5.21. The first-order valence-corrected chi connectivity index (χ1v) is 6.77. The number of carbonyl (C=O) groups excluding carboxylic acids is 1. The summed E-state index contributed by atoms with van der Waals surface area (Å²) < 4.78 is 0. The van der Waals surface area contributed by atoms with Gasteiger partial charge in [0.1, 0.15) is 0 Å². The Bertz CT molecular complexity index is 225. The molecule has 0 spiro atoms. The van der Waals surface area contributed by atoms with Gasteiger partial charge in [-0.05, 0) is 26.7 Å². The molecule has 1 rings (SSSR count). The fourth-order valence-electron chi connectivity index (χ4n) is 2.52. The van der Waals surface area contributed by atoms with Gasteiger partial charge in [-0.25, -0.2) is 0 Å². The molecule has 2 N–H and O–H groups in total. The molecular weight excluding hydrogens is 216 g/mol. The van der Waals surface area contributed by atoms with E-state index < -0.39 is 0 Å². The van der Waals surface area contributed by atoms with E-state index in [0.29, 0.717) is 19.1 Å². The van der Waals surface area contributed by atoms with Crippen LogP contribution in [0.1, 0.15) is 46.0 Å². The predicted octanol–water partition coefficient (Wildman–Crippen LogP) is 1.14. The summed E-state index contributed by atoms with van der Waals surface area (Å²) in [5.74, 6) is 0.0685. The van der Waals surface area contributed by atoms with Crippen molar-refractivity contribution in [2.24, 2.45) is 0 Å². The summed E-state index contributed by atoms with van der Waals surface area (Å²) in [6.45, 7) is 5.09. The van der Waals surface area contributed by atoms with Crippen LogP contribution in [0.2, 0.25) is 0 Å². The van der Waals surface area contributed by atoms with E-state index in [1.807, 2.05) is 13.8 Å². The average Bonchev–Trinajstić information content (AvgIpc) is 2.28. The highest BCUT2D eigenvalue weighted by Gasteiger charge is 2.22. The van der Waals surface area contributed by atoms with Gasteiger partial charge in [0.15, 0.2) is 0 Å². The molecule has 0 unspecified atom stereocenters. The van der Waals surface area contributed by atoms with Crippen LogP contribution >= 0.6 is 0 Å². The zero-order valence-corrected chi connectivity index (χ0v) is 11.1. The molecule has 0 radical (unpaired) electrons. The van der Waals surface area contributed by atoms with Crippen molar-refractivity contribution in [1.29, 1.82) is 0 Å². The molecule has 0 aromatic carbocycles. The summed E-state index contributed by atoms with van der Waals surface area (Å²) in [4.78, 5) is 13.9. The van der Waals surface area contributed by atoms with Gasteiger partial charge >= 0.3 is 0 Å². The van der Waals surface area contributed by atoms with Crippen molar-refractivity contribution >= 4 is 5.91 Å². The zero-order valence-electron chi connectivity index (χ0n) is 11.1. The van der Waals surface area contributed by atoms with Crippen LogP contribution in [0.15, 0.2) is 0 Å². The van der Waals surface area contributed by atoms with Crippen LogP contribution in [0.3, 0.4) is 0 Å². The second-order valence-corrected chi connectivity index (χ2v) is 5.21. The average molecular weight is 242 g/mol. The molecule has 4 nitrogen and oxygen atoms in total. The maximum atomic E-state index is 11.7. The number of amides is 1. The van der Waals surface area contributed by atoms with Crippen LogP contribution in [-0.2, 0) is 4.79 Å². The Hall–Kier alpha value is -0.610. The smallest absolute Gasteiger partial charge is 0.234 e. The van der Waals surface area contributed by atoms with E-state index in [4.69, 9.17) is 5.11 Å². The van der Waals surface area contributed by atoms with E-state index in [-0.39, 0.29) is 18.6 Å². The third-order valence-corrected chi connectivity index (χ3v) is 3.27. The van der Waals surface area contributed by atoms with Crippen molar-refractivity contribution in [3.63, 3.8) is 0 Å². The van der Waals surface area contributed by atoms with Crippen LogP contribution < -0.4 is 5.32 Å². The van der Waals surface area contributed by atoms with E-state index in [1.165, 1.54) is 19.3 Å². The Labute approximate surface area is 104 Å². The van der Waals surface area contributed by atoms with Crippen LogP contribution in [0.4, 0.5) is 0 Å². The quantitative estimate of drug-likeness (QED) is 0.734. The van der Waals surface area contributed by atoms with Gasteiger partial charge in [-0.3, -0.25) is 9.69 Å². The lowest BCUT2D eigenvalue weighted by Crippen LogP contribution is -2.46. The van der Waals surface area contributed by atoms with Crippen molar-refractivity contribution in [3.05, 3.63) is 0 Å². The first kappa shape index (κ1) is 14.5. The minimum absolute atomic E-state index is 0.0685. The number of hydrogen-bond acceptors (Lipinski definition) is 3. The molecule has 1 aliphatic carbocycles. The zero-order chi connectivity index (χ0) is 12.7. The van der Waals surface area contributed by atoms with Gasteiger partial charge in [0.05, 0.1) is 13.2 Å². The maximum Gasteiger partial charge on any atom is 0.234 e. The SMILES string of the molecule is CC(C)NC(=O)CN(CCO)C1CCCCC1. The normalized spacial score (nSPS) is 17.7. The standard InChI is InChI=1S/C13H26N2O2/c1-11(2)14-13(17)10-15(8-9-16)12-6-4-3-5-7-12/h11-12,16H,3-10H2,1-2H3,(H,14,17). The Kier molecular flexibility index (Phi) is 6.52. The Morgan fingerprint density at radius 2 is 2.00 bits per heavy atom. The largest absolute Gasteiger partial charge is 0.395 e. The molecular formula is C13H26N2O2. The van der Waals surface area contributed by atoms with Crippen LogP contribution in [0.25, 0.3) is 0 Å². The lowest BCUT2D eigenvalue weighted by atomic mass is 9.94. The summed E-state index contributed by atoms with van der Waals surface area (Å²) in [7, 11) is 0. The first-order chi connectivity index (χ1) is 8.13. The second kappa shape index (κ2) is 7.67. The van der Waals surface area contributed by atoms with Crippen molar-refractivity contribution < 1.29 is 9.90 Å². The van der Waals surface area contributed by atoms with Gasteiger partial charge in [-0.2, -0.15) is 0 Å². The third kappa shape index (κ3) is 5.50. The summed E-state index contributed by atoms with van der Waals surface area (Å²) in [6.07, 6.45) is 6.13. The van der Waals surface area contributed by atoms with Crippen LogP contribution in [-0.4, -0.2) is 47.7 Å². The Morgan fingerprint density at radius 3 is 2.53 bits per heavy atom. The molecule has 1 fully saturated rings. The fourth-order valence-corrected chi connectivity index (χ4v) is 2.52. The Balaban J connectivity index is 2.43. The number of nitrogens with one attached hydrogen (secondary N) is 1. The summed E-state index contributed by atoms with van der Waals surface area (Å²) >= 11 is 0. The van der Waals surface area contributed by atoms with Crippen LogP contribution in [0, 0.1) is 0 Å². The molecule has 0 atom stereocenters. The number of aliphatic hydroxyl groups is 1. The highest BCUT2D eigenvalue weighted by molar-refractivity contribution is 5.78. The van der Waals surface area contributed by atoms with E-state index in [2.05, 4.69) is 10.2 Å². The molecule has 0 heterocycles. The number of rotatable bonds is 6. The van der Waals surface area contributed by atoms with Crippen molar-refractivity contribution in [1.82, 2.24) is 10.2 Å². The molecule has 1 saturated carbocycles. The molecule has 17 heavy (non-hydrogen) atoms. The third-order valence-electron chi connectivity index (χ3n) is 3.27. The molecule has 100 valence electrons. The van der Waals surface area contributed by atoms with Gasteiger partial charge in [-0.1, -0.05) is 19.3 Å². The number of nitrogens with zero attached hydrogens (tertiary/aromatic N) is 1. The highest BCUT2D eigenvalue weighted by atomic mass is 16.3. The lowest BCUT2D eigenvalue weighted by Gasteiger charge is -2.33. The maximum absolute atomic E-state index is 11.7. The van der Waals surface area contributed by atoms with Crippen molar-refractivity contribution in [2.45, 2.75) is 58.0 Å². The number of aliphatic hydroxyl groups excluding tert-OH is 1. The van der Waals surface area contributed by atoms with Crippen LogP contribution in [0.5, 0.6) is 0 Å². The molecule has 0 bridgehead atoms. The minimum atomic E-state index is 0.0685. The van der Waals surface area contributed by atoms with Crippen molar-refractivity contribution in [2.75, 3.05) is 19.7 Å². The molecule has 4 heteroatoms. The first-order valence-electron chi connectivity index (χ1n) is 6.77. The molecule has 0 aliphatic heterocycles. The molecule has 0 saturated heterocycles.